The lowest BCUT2D eigenvalue weighted by Gasteiger charge is -2.10. The van der Waals surface area contributed by atoms with Crippen molar-refractivity contribution in [2.45, 2.75) is 25.4 Å². The fourth-order valence-electron chi connectivity index (χ4n) is 1.98. The Labute approximate surface area is 89.3 Å². The second kappa shape index (κ2) is 4.64. The summed E-state index contributed by atoms with van der Waals surface area (Å²) in [6.45, 7) is 0.681. The average molecular weight is 208 g/mol. The van der Waals surface area contributed by atoms with Crippen LogP contribution in [0, 0.1) is 0 Å². The molecule has 1 atom stereocenters. The molecule has 0 aromatic heterocycles. The van der Waals surface area contributed by atoms with E-state index in [1.54, 1.807) is 0 Å². The minimum Gasteiger partial charge on any atom is -0.493 e. The van der Waals surface area contributed by atoms with E-state index in [9.17, 15) is 5.11 Å². The molecule has 1 unspecified atom stereocenters. The topological polar surface area (TPSA) is 49.7 Å². The number of ether oxygens (including phenoxy) is 1. The van der Waals surface area contributed by atoms with Crippen molar-refractivity contribution in [1.82, 2.24) is 0 Å². The predicted molar refractivity (Wildman–Crippen MR) is 56.9 cm³/mol. The van der Waals surface area contributed by atoms with Crippen LogP contribution in [0.3, 0.4) is 0 Å². The molecule has 82 valence electrons. The van der Waals surface area contributed by atoms with Gasteiger partial charge in [-0.2, -0.15) is 0 Å². The van der Waals surface area contributed by atoms with E-state index in [0.717, 1.165) is 29.7 Å². The summed E-state index contributed by atoms with van der Waals surface area (Å²) in [4.78, 5) is 0. The van der Waals surface area contributed by atoms with Crippen LogP contribution < -0.4 is 4.74 Å². The van der Waals surface area contributed by atoms with Crippen LogP contribution in [0.25, 0.3) is 0 Å². The van der Waals surface area contributed by atoms with Crippen LogP contribution in [-0.4, -0.2) is 23.4 Å². The quantitative estimate of drug-likeness (QED) is 0.736. The molecule has 1 aromatic carbocycles. The third kappa shape index (κ3) is 2.13. The second-order valence-electron chi connectivity index (χ2n) is 3.80. The lowest BCUT2D eigenvalue weighted by Crippen LogP contribution is -2.02. The number of rotatable bonds is 4. The molecule has 0 saturated carbocycles. The molecule has 2 N–H and O–H groups in total. The normalized spacial score (nSPS) is 18.9. The fraction of sp³-hybridized carbons (Fsp3) is 0.500. The van der Waals surface area contributed by atoms with Gasteiger partial charge in [-0.15, -0.1) is 0 Å². The Balaban J connectivity index is 2.12. The molecular weight excluding hydrogens is 192 g/mol. The molecule has 2 rings (SSSR count). The van der Waals surface area contributed by atoms with Crippen LogP contribution in [0.4, 0.5) is 0 Å². The summed E-state index contributed by atoms with van der Waals surface area (Å²) in [6, 6.07) is 5.78. The number of hydrogen-bond acceptors (Lipinski definition) is 3. The highest BCUT2D eigenvalue weighted by atomic mass is 16.5. The minimum absolute atomic E-state index is 0.150. The summed E-state index contributed by atoms with van der Waals surface area (Å²) >= 11 is 0. The highest BCUT2D eigenvalue weighted by Gasteiger charge is 2.22. The van der Waals surface area contributed by atoms with Gasteiger partial charge in [0.2, 0.25) is 0 Å². The monoisotopic (exact) mass is 208 g/mol. The first-order chi connectivity index (χ1) is 7.33. The molecule has 1 aliphatic rings. The van der Waals surface area contributed by atoms with Gasteiger partial charge in [0.05, 0.1) is 12.7 Å². The zero-order valence-electron chi connectivity index (χ0n) is 8.65. The van der Waals surface area contributed by atoms with Gasteiger partial charge in [-0.25, -0.2) is 0 Å². The van der Waals surface area contributed by atoms with Crippen LogP contribution in [0.2, 0.25) is 0 Å². The number of fused-ring (bicyclic) bond motifs is 1. The molecule has 1 aromatic rings. The van der Waals surface area contributed by atoms with E-state index in [1.165, 1.54) is 0 Å². The summed E-state index contributed by atoms with van der Waals surface area (Å²) in [7, 11) is 0. The number of benzene rings is 1. The molecule has 0 spiro atoms. The van der Waals surface area contributed by atoms with Gasteiger partial charge in [-0.3, -0.25) is 0 Å². The van der Waals surface area contributed by atoms with Gasteiger partial charge in [-0.05, 0) is 24.5 Å². The van der Waals surface area contributed by atoms with Gasteiger partial charge in [0.1, 0.15) is 5.75 Å². The Kier molecular flexibility index (Phi) is 3.23. The molecule has 0 amide bonds. The van der Waals surface area contributed by atoms with Crippen LogP contribution in [0.15, 0.2) is 18.2 Å². The van der Waals surface area contributed by atoms with E-state index in [1.807, 2.05) is 18.2 Å². The molecule has 3 heteroatoms. The molecule has 3 nitrogen and oxygen atoms in total. The predicted octanol–water partition coefficient (Wildman–Crippen LogP) is 1.43. The van der Waals surface area contributed by atoms with E-state index < -0.39 is 0 Å². The van der Waals surface area contributed by atoms with E-state index in [0.29, 0.717) is 13.0 Å². The highest BCUT2D eigenvalue weighted by molar-refractivity contribution is 5.44. The lowest BCUT2D eigenvalue weighted by atomic mass is 10.1. The molecule has 0 aliphatic heterocycles. The van der Waals surface area contributed by atoms with Gasteiger partial charge in [0.25, 0.3) is 0 Å². The molecule has 0 saturated heterocycles. The van der Waals surface area contributed by atoms with Crippen molar-refractivity contribution in [2.24, 2.45) is 0 Å². The van der Waals surface area contributed by atoms with E-state index in [4.69, 9.17) is 9.84 Å². The maximum atomic E-state index is 9.68. The first kappa shape index (κ1) is 10.5. The number of aliphatic hydroxyl groups is 2. The Morgan fingerprint density at radius 2 is 2.27 bits per heavy atom. The van der Waals surface area contributed by atoms with Gasteiger partial charge >= 0.3 is 0 Å². The summed E-state index contributed by atoms with van der Waals surface area (Å²) in [6.07, 6.45) is 1.98. The SMILES string of the molecule is OCCCOc1cccc2c1CCC2O. The molecule has 0 radical (unpaired) electrons. The van der Waals surface area contributed by atoms with Crippen LogP contribution >= 0.6 is 0 Å². The molecule has 0 heterocycles. The van der Waals surface area contributed by atoms with Gasteiger partial charge in [0.15, 0.2) is 0 Å². The third-order valence-corrected chi connectivity index (χ3v) is 2.76. The second-order valence-corrected chi connectivity index (χ2v) is 3.80. The van der Waals surface area contributed by atoms with Gasteiger partial charge in [0, 0.05) is 18.6 Å². The Morgan fingerprint density at radius 3 is 3.07 bits per heavy atom. The first-order valence-corrected chi connectivity index (χ1v) is 5.36. The molecule has 0 fully saturated rings. The Morgan fingerprint density at radius 1 is 1.40 bits per heavy atom. The van der Waals surface area contributed by atoms with Gasteiger partial charge in [-0.1, -0.05) is 12.1 Å². The van der Waals surface area contributed by atoms with Crippen molar-refractivity contribution >= 4 is 0 Å². The van der Waals surface area contributed by atoms with E-state index >= 15 is 0 Å². The largest absolute Gasteiger partial charge is 0.493 e. The minimum atomic E-state index is -0.332. The summed E-state index contributed by atoms with van der Waals surface area (Å²) in [5, 5.41) is 18.3. The maximum absolute atomic E-state index is 9.68. The highest BCUT2D eigenvalue weighted by Crippen LogP contribution is 2.36. The van der Waals surface area contributed by atoms with Gasteiger partial charge < -0.3 is 14.9 Å². The van der Waals surface area contributed by atoms with Crippen molar-refractivity contribution < 1.29 is 14.9 Å². The molecule has 1 aliphatic carbocycles. The van der Waals surface area contributed by atoms with Crippen molar-refractivity contribution in [3.05, 3.63) is 29.3 Å². The third-order valence-electron chi connectivity index (χ3n) is 2.76. The van der Waals surface area contributed by atoms with Crippen LogP contribution in [0.1, 0.15) is 30.1 Å². The van der Waals surface area contributed by atoms with Crippen molar-refractivity contribution in [3.63, 3.8) is 0 Å². The Hall–Kier alpha value is -1.06. The molecular formula is C12H16O3. The standard InChI is InChI=1S/C12H16O3/c13-7-2-8-15-12-4-1-3-9-10(12)5-6-11(9)14/h1,3-4,11,13-14H,2,5-8H2. The summed E-state index contributed by atoms with van der Waals surface area (Å²) in [5.41, 5.74) is 2.12. The zero-order valence-corrected chi connectivity index (χ0v) is 8.65. The number of hydrogen-bond donors (Lipinski definition) is 2. The summed E-state index contributed by atoms with van der Waals surface area (Å²) < 4.78 is 5.57. The fourth-order valence-corrected chi connectivity index (χ4v) is 1.98. The number of aliphatic hydroxyl groups excluding tert-OH is 2. The van der Waals surface area contributed by atoms with Crippen molar-refractivity contribution in [2.75, 3.05) is 13.2 Å². The maximum Gasteiger partial charge on any atom is 0.122 e. The zero-order chi connectivity index (χ0) is 10.7. The molecule has 0 bridgehead atoms. The summed E-state index contributed by atoms with van der Waals surface area (Å²) in [5.74, 6) is 0.859. The first-order valence-electron chi connectivity index (χ1n) is 5.36. The molecule has 15 heavy (non-hydrogen) atoms. The van der Waals surface area contributed by atoms with E-state index in [2.05, 4.69) is 0 Å². The van der Waals surface area contributed by atoms with Crippen LogP contribution in [-0.2, 0) is 6.42 Å². The average Bonchev–Trinajstić information content (AvgIpc) is 2.62. The smallest absolute Gasteiger partial charge is 0.122 e. The van der Waals surface area contributed by atoms with Crippen molar-refractivity contribution in [1.29, 1.82) is 0 Å². The van der Waals surface area contributed by atoms with Crippen LogP contribution in [0.5, 0.6) is 5.75 Å². The van der Waals surface area contributed by atoms with E-state index in [-0.39, 0.29) is 12.7 Å². The Bertz CT molecular complexity index is 336. The lowest BCUT2D eigenvalue weighted by molar-refractivity contribution is 0.180. The van der Waals surface area contributed by atoms with Crippen molar-refractivity contribution in [3.8, 4) is 5.75 Å².